The van der Waals surface area contributed by atoms with Gasteiger partial charge >= 0.3 is 0 Å². The predicted molar refractivity (Wildman–Crippen MR) is 57.9 cm³/mol. The number of hydrogen-bond donors (Lipinski definition) is 1. The van der Waals surface area contributed by atoms with Crippen LogP contribution in [0.25, 0.3) is 0 Å². The van der Waals surface area contributed by atoms with Crippen LogP contribution in [0.3, 0.4) is 0 Å². The van der Waals surface area contributed by atoms with E-state index >= 15 is 0 Å². The van der Waals surface area contributed by atoms with Gasteiger partial charge in [0.05, 0.1) is 5.51 Å². The molecule has 0 spiro atoms. The van der Waals surface area contributed by atoms with Gasteiger partial charge in [0, 0.05) is 17.1 Å². The number of hydrogen-bond acceptors (Lipinski definition) is 3. The van der Waals surface area contributed by atoms with E-state index in [1.54, 1.807) is 11.3 Å². The zero-order valence-electron chi connectivity index (χ0n) is 8.36. The largest absolute Gasteiger partial charge is 0.327 e. The van der Waals surface area contributed by atoms with Crippen LogP contribution in [0.5, 0.6) is 0 Å². The van der Waals surface area contributed by atoms with Gasteiger partial charge in [-0.15, -0.1) is 11.3 Å². The quantitative estimate of drug-likeness (QED) is 0.789. The van der Waals surface area contributed by atoms with Crippen LogP contribution in [-0.2, 0) is 6.42 Å². The Hall–Kier alpha value is -0.410. The standard InChI is InChI=1S/C10H18N2S/c1-3-8(2)4-9(11)5-10-6-12-7-13-10/h6-9H,3-5,11H2,1-2H3. The molecule has 2 atom stereocenters. The fourth-order valence-electron chi connectivity index (χ4n) is 1.37. The van der Waals surface area contributed by atoms with Crippen LogP contribution in [0.15, 0.2) is 11.7 Å². The second-order valence-corrected chi connectivity index (χ2v) is 4.65. The maximum atomic E-state index is 6.02. The predicted octanol–water partition coefficient (Wildman–Crippen LogP) is 2.45. The van der Waals surface area contributed by atoms with E-state index in [1.807, 2.05) is 11.7 Å². The van der Waals surface area contributed by atoms with Crippen LogP contribution in [-0.4, -0.2) is 11.0 Å². The summed E-state index contributed by atoms with van der Waals surface area (Å²) in [5.74, 6) is 0.739. The van der Waals surface area contributed by atoms with Crippen LogP contribution >= 0.6 is 11.3 Å². The Morgan fingerprint density at radius 3 is 2.92 bits per heavy atom. The lowest BCUT2D eigenvalue weighted by molar-refractivity contribution is 0.451. The summed E-state index contributed by atoms with van der Waals surface area (Å²) in [7, 11) is 0. The summed E-state index contributed by atoms with van der Waals surface area (Å²) in [6.07, 6.45) is 5.24. The molecule has 0 radical (unpaired) electrons. The van der Waals surface area contributed by atoms with E-state index in [0.717, 1.165) is 18.8 Å². The molecule has 1 aromatic rings. The highest BCUT2D eigenvalue weighted by Crippen LogP contribution is 2.14. The Morgan fingerprint density at radius 2 is 2.38 bits per heavy atom. The number of aromatic nitrogens is 1. The van der Waals surface area contributed by atoms with Gasteiger partial charge in [0.25, 0.3) is 0 Å². The zero-order valence-corrected chi connectivity index (χ0v) is 9.18. The van der Waals surface area contributed by atoms with Crippen molar-refractivity contribution in [3.05, 3.63) is 16.6 Å². The number of nitrogens with zero attached hydrogens (tertiary/aromatic N) is 1. The van der Waals surface area contributed by atoms with Gasteiger partial charge in [0.2, 0.25) is 0 Å². The Labute approximate surface area is 84.2 Å². The van der Waals surface area contributed by atoms with E-state index in [0.29, 0.717) is 6.04 Å². The normalized spacial score (nSPS) is 15.6. The summed E-state index contributed by atoms with van der Waals surface area (Å²) < 4.78 is 0. The highest BCUT2D eigenvalue weighted by atomic mass is 32.1. The van der Waals surface area contributed by atoms with Gasteiger partial charge in [-0.1, -0.05) is 20.3 Å². The summed E-state index contributed by atoms with van der Waals surface area (Å²) in [6, 6.07) is 0.301. The van der Waals surface area contributed by atoms with Gasteiger partial charge in [0.15, 0.2) is 0 Å². The number of nitrogens with two attached hydrogens (primary N) is 1. The molecule has 2 N–H and O–H groups in total. The van der Waals surface area contributed by atoms with Gasteiger partial charge < -0.3 is 5.73 Å². The average molecular weight is 198 g/mol. The minimum Gasteiger partial charge on any atom is -0.327 e. The summed E-state index contributed by atoms with van der Waals surface area (Å²) in [4.78, 5) is 5.34. The van der Waals surface area contributed by atoms with E-state index < -0.39 is 0 Å². The molecule has 0 fully saturated rings. The lowest BCUT2D eigenvalue weighted by Crippen LogP contribution is -2.24. The molecule has 74 valence electrons. The molecule has 0 bridgehead atoms. The Morgan fingerprint density at radius 1 is 1.62 bits per heavy atom. The van der Waals surface area contributed by atoms with Crippen LogP contribution in [0.4, 0.5) is 0 Å². The molecular formula is C10H18N2S. The van der Waals surface area contributed by atoms with Crippen LogP contribution < -0.4 is 5.73 Å². The van der Waals surface area contributed by atoms with Gasteiger partial charge in [-0.25, -0.2) is 0 Å². The number of thiazole rings is 1. The fraction of sp³-hybridized carbons (Fsp3) is 0.700. The molecule has 2 unspecified atom stereocenters. The molecule has 1 heterocycles. The molecule has 0 amide bonds. The average Bonchev–Trinajstić information content (AvgIpc) is 2.56. The van der Waals surface area contributed by atoms with Crippen molar-refractivity contribution in [1.29, 1.82) is 0 Å². The van der Waals surface area contributed by atoms with Crippen LogP contribution in [0.2, 0.25) is 0 Å². The summed E-state index contributed by atoms with van der Waals surface area (Å²) >= 11 is 1.69. The first kappa shape index (κ1) is 10.7. The lowest BCUT2D eigenvalue weighted by Gasteiger charge is -2.14. The Kier molecular flexibility index (Phi) is 4.39. The zero-order chi connectivity index (χ0) is 9.68. The maximum Gasteiger partial charge on any atom is 0.0794 e. The first-order valence-corrected chi connectivity index (χ1v) is 5.73. The third-order valence-corrected chi connectivity index (χ3v) is 3.15. The molecule has 0 saturated heterocycles. The van der Waals surface area contributed by atoms with Gasteiger partial charge in [0.1, 0.15) is 0 Å². The van der Waals surface area contributed by atoms with Crippen molar-refractivity contribution in [2.24, 2.45) is 11.7 Å². The van der Waals surface area contributed by atoms with Crippen molar-refractivity contribution < 1.29 is 0 Å². The molecule has 0 aliphatic heterocycles. The summed E-state index contributed by atoms with van der Waals surface area (Å²) in [5.41, 5.74) is 7.89. The highest BCUT2D eigenvalue weighted by molar-refractivity contribution is 7.09. The molecule has 1 aromatic heterocycles. The first-order valence-electron chi connectivity index (χ1n) is 4.85. The molecular weight excluding hydrogens is 180 g/mol. The monoisotopic (exact) mass is 198 g/mol. The summed E-state index contributed by atoms with van der Waals surface area (Å²) in [6.45, 7) is 4.47. The Bertz CT molecular complexity index is 221. The topological polar surface area (TPSA) is 38.9 Å². The molecule has 13 heavy (non-hydrogen) atoms. The minimum absolute atomic E-state index is 0.301. The van der Waals surface area contributed by atoms with Crippen molar-refractivity contribution in [3.8, 4) is 0 Å². The van der Waals surface area contributed by atoms with Gasteiger partial charge in [-0.3, -0.25) is 4.98 Å². The molecule has 0 aromatic carbocycles. The lowest BCUT2D eigenvalue weighted by atomic mass is 9.98. The second kappa shape index (κ2) is 5.35. The third-order valence-electron chi connectivity index (χ3n) is 2.35. The fourth-order valence-corrected chi connectivity index (χ4v) is 2.06. The third kappa shape index (κ3) is 3.87. The van der Waals surface area contributed by atoms with E-state index in [1.165, 1.54) is 11.3 Å². The van der Waals surface area contributed by atoms with E-state index in [-0.39, 0.29) is 0 Å². The second-order valence-electron chi connectivity index (χ2n) is 3.68. The van der Waals surface area contributed by atoms with Crippen LogP contribution in [0, 0.1) is 5.92 Å². The minimum atomic E-state index is 0.301. The van der Waals surface area contributed by atoms with E-state index in [9.17, 15) is 0 Å². The SMILES string of the molecule is CCC(C)CC(N)Cc1cncs1. The first-order chi connectivity index (χ1) is 6.22. The molecule has 0 saturated carbocycles. The van der Waals surface area contributed by atoms with Crippen LogP contribution in [0.1, 0.15) is 31.6 Å². The number of rotatable bonds is 5. The molecule has 0 aliphatic carbocycles. The highest BCUT2D eigenvalue weighted by Gasteiger charge is 2.08. The molecule has 1 rings (SSSR count). The van der Waals surface area contributed by atoms with Crippen molar-refractivity contribution in [2.75, 3.05) is 0 Å². The smallest absolute Gasteiger partial charge is 0.0794 e. The van der Waals surface area contributed by atoms with Crippen molar-refractivity contribution in [1.82, 2.24) is 4.98 Å². The van der Waals surface area contributed by atoms with Gasteiger partial charge in [-0.05, 0) is 18.8 Å². The van der Waals surface area contributed by atoms with Crippen molar-refractivity contribution in [3.63, 3.8) is 0 Å². The Balaban J connectivity index is 2.29. The van der Waals surface area contributed by atoms with E-state index in [2.05, 4.69) is 18.8 Å². The molecule has 0 aliphatic rings. The molecule has 3 heteroatoms. The maximum absolute atomic E-state index is 6.02. The summed E-state index contributed by atoms with van der Waals surface area (Å²) in [5, 5.41) is 0. The molecule has 2 nitrogen and oxygen atoms in total. The van der Waals surface area contributed by atoms with E-state index in [4.69, 9.17) is 5.73 Å². The van der Waals surface area contributed by atoms with Gasteiger partial charge in [-0.2, -0.15) is 0 Å². The van der Waals surface area contributed by atoms with Crippen molar-refractivity contribution >= 4 is 11.3 Å². The van der Waals surface area contributed by atoms with Crippen molar-refractivity contribution in [2.45, 2.75) is 39.2 Å².